The summed E-state index contributed by atoms with van der Waals surface area (Å²) in [5.41, 5.74) is 0. The van der Waals surface area contributed by atoms with Crippen molar-refractivity contribution in [2.24, 2.45) is 0 Å². The Morgan fingerprint density at radius 3 is 2.37 bits per heavy atom. The van der Waals surface area contributed by atoms with Crippen molar-refractivity contribution in [3.05, 3.63) is 0 Å². The summed E-state index contributed by atoms with van der Waals surface area (Å²) in [5, 5.41) is 13.4. The number of hydrogen-bond donors (Lipinski definition) is 3. The van der Waals surface area contributed by atoms with Gasteiger partial charge in [-0.25, -0.2) is 4.79 Å². The highest BCUT2D eigenvalue weighted by atomic mass is 32.2. The zero-order valence-corrected chi connectivity index (χ0v) is 12.2. The summed E-state index contributed by atoms with van der Waals surface area (Å²) in [6, 6.07) is -0.432. The number of imide groups is 1. The molecule has 0 saturated carbocycles. The highest BCUT2D eigenvalue weighted by molar-refractivity contribution is 7.98. The number of carbonyl (C=O) groups excluding carboxylic acids is 2. The minimum Gasteiger partial charge on any atom is -0.481 e. The topological polar surface area (TPSA) is 95.5 Å². The summed E-state index contributed by atoms with van der Waals surface area (Å²) in [6.45, 7) is 1.97. The number of aliphatic carboxylic acids is 1. The van der Waals surface area contributed by atoms with Gasteiger partial charge in [0.15, 0.2) is 0 Å². The first kappa shape index (κ1) is 17.8. The molecule has 0 aliphatic heterocycles. The van der Waals surface area contributed by atoms with Gasteiger partial charge in [0.05, 0.1) is 0 Å². The summed E-state index contributed by atoms with van der Waals surface area (Å²) < 4.78 is 0. The van der Waals surface area contributed by atoms with Crippen molar-refractivity contribution in [3.8, 4) is 0 Å². The fourth-order valence-corrected chi connectivity index (χ4v) is 2.16. The maximum absolute atomic E-state index is 11.5. The van der Waals surface area contributed by atoms with E-state index in [4.69, 9.17) is 5.11 Å². The van der Waals surface area contributed by atoms with Crippen molar-refractivity contribution in [1.29, 1.82) is 0 Å². The lowest BCUT2D eigenvalue weighted by molar-refractivity contribution is -0.137. The zero-order valence-electron chi connectivity index (χ0n) is 11.4. The summed E-state index contributed by atoms with van der Waals surface area (Å²) in [7, 11) is 0. The molecule has 110 valence electrons. The van der Waals surface area contributed by atoms with Gasteiger partial charge in [0.2, 0.25) is 5.91 Å². The number of rotatable bonds is 9. The minimum absolute atomic E-state index is 0.0467. The van der Waals surface area contributed by atoms with Gasteiger partial charge in [-0.15, -0.1) is 0 Å². The van der Waals surface area contributed by atoms with Crippen LogP contribution in [0.3, 0.4) is 0 Å². The van der Waals surface area contributed by atoms with E-state index in [1.807, 2.05) is 13.2 Å². The Kier molecular flexibility index (Phi) is 9.97. The molecule has 1 unspecified atom stereocenters. The smallest absolute Gasteiger partial charge is 0.321 e. The number of urea groups is 1. The fourth-order valence-electron chi connectivity index (χ4n) is 1.44. The molecule has 0 spiro atoms. The third kappa shape index (κ3) is 10.4. The van der Waals surface area contributed by atoms with Crippen LogP contribution < -0.4 is 10.6 Å². The predicted molar refractivity (Wildman–Crippen MR) is 75.2 cm³/mol. The van der Waals surface area contributed by atoms with Crippen molar-refractivity contribution in [2.45, 2.75) is 45.1 Å². The molecular weight excluding hydrogens is 268 g/mol. The molecule has 0 radical (unpaired) electrons. The van der Waals surface area contributed by atoms with Crippen molar-refractivity contribution in [3.63, 3.8) is 0 Å². The van der Waals surface area contributed by atoms with E-state index in [1.165, 1.54) is 0 Å². The summed E-state index contributed by atoms with van der Waals surface area (Å²) in [6.07, 6.45) is 3.88. The monoisotopic (exact) mass is 290 g/mol. The molecule has 0 bridgehead atoms. The summed E-state index contributed by atoms with van der Waals surface area (Å²) in [5.74, 6) is -0.445. The molecule has 0 aliphatic rings. The number of carboxylic acids is 1. The largest absolute Gasteiger partial charge is 0.481 e. The number of thioether (sulfide) groups is 1. The van der Waals surface area contributed by atoms with Gasteiger partial charge < -0.3 is 10.4 Å². The van der Waals surface area contributed by atoms with Gasteiger partial charge in [-0.3, -0.25) is 14.9 Å². The van der Waals surface area contributed by atoms with Gasteiger partial charge in [0, 0.05) is 24.6 Å². The van der Waals surface area contributed by atoms with E-state index in [0.29, 0.717) is 12.8 Å². The molecule has 0 heterocycles. The van der Waals surface area contributed by atoms with Gasteiger partial charge in [-0.05, 0) is 25.5 Å². The fraction of sp³-hybridized carbons (Fsp3) is 0.750. The second-order valence-electron chi connectivity index (χ2n) is 4.18. The molecule has 0 rings (SSSR count). The Balaban J connectivity index is 3.79. The highest BCUT2D eigenvalue weighted by Gasteiger charge is 2.12. The van der Waals surface area contributed by atoms with Crippen LogP contribution in [0.2, 0.25) is 0 Å². The molecule has 3 amide bonds. The van der Waals surface area contributed by atoms with Gasteiger partial charge in [0.25, 0.3) is 0 Å². The molecule has 0 fully saturated rings. The Bertz CT molecular complexity index is 310. The van der Waals surface area contributed by atoms with Crippen molar-refractivity contribution < 1.29 is 19.5 Å². The van der Waals surface area contributed by atoms with Crippen LogP contribution in [0.1, 0.15) is 39.0 Å². The number of hydrogen-bond acceptors (Lipinski definition) is 4. The molecule has 0 aromatic heterocycles. The minimum atomic E-state index is -0.874. The van der Waals surface area contributed by atoms with Crippen LogP contribution >= 0.6 is 11.8 Å². The molecule has 3 N–H and O–H groups in total. The number of amides is 3. The molecule has 19 heavy (non-hydrogen) atoms. The maximum Gasteiger partial charge on any atom is 0.321 e. The molecule has 0 aromatic rings. The molecule has 0 saturated heterocycles. The van der Waals surface area contributed by atoms with Crippen LogP contribution in [0.15, 0.2) is 0 Å². The third-order valence-corrected chi connectivity index (χ3v) is 3.23. The second-order valence-corrected chi connectivity index (χ2v) is 5.09. The Labute approximate surface area is 117 Å². The Hall–Kier alpha value is -1.24. The number of nitrogens with one attached hydrogen (secondary N) is 2. The lowest BCUT2D eigenvalue weighted by Crippen LogP contribution is -2.45. The van der Waals surface area contributed by atoms with Crippen LogP contribution in [-0.4, -0.2) is 41.1 Å². The highest BCUT2D eigenvalue weighted by Crippen LogP contribution is 2.01. The van der Waals surface area contributed by atoms with Crippen molar-refractivity contribution in [2.75, 3.05) is 12.0 Å². The maximum atomic E-state index is 11.5. The van der Waals surface area contributed by atoms with Crippen molar-refractivity contribution >= 4 is 29.7 Å². The van der Waals surface area contributed by atoms with Gasteiger partial charge in [-0.2, -0.15) is 11.8 Å². The van der Waals surface area contributed by atoms with Gasteiger partial charge >= 0.3 is 12.0 Å². The molecule has 0 aliphatic carbocycles. The average Bonchev–Trinajstić information content (AvgIpc) is 2.33. The van der Waals surface area contributed by atoms with Gasteiger partial charge in [-0.1, -0.05) is 6.92 Å². The van der Waals surface area contributed by atoms with E-state index in [1.54, 1.807) is 11.8 Å². The quantitative estimate of drug-likeness (QED) is 0.561. The van der Waals surface area contributed by atoms with Crippen LogP contribution in [0, 0.1) is 0 Å². The Morgan fingerprint density at radius 1 is 1.21 bits per heavy atom. The van der Waals surface area contributed by atoms with Crippen LogP contribution in [0.5, 0.6) is 0 Å². The standard InChI is InChI=1S/C12H22N2O4S/c1-3-9(8-19-2)13-12(18)14-10(15)6-4-5-7-11(16)17/h9H,3-8H2,1-2H3,(H,16,17)(H2,13,14,15,18). The lowest BCUT2D eigenvalue weighted by atomic mass is 10.2. The number of carboxylic acid groups (broad SMARTS) is 1. The van der Waals surface area contributed by atoms with Crippen LogP contribution in [-0.2, 0) is 9.59 Å². The lowest BCUT2D eigenvalue weighted by Gasteiger charge is -2.15. The van der Waals surface area contributed by atoms with E-state index in [9.17, 15) is 14.4 Å². The van der Waals surface area contributed by atoms with E-state index < -0.39 is 12.0 Å². The van der Waals surface area contributed by atoms with Crippen LogP contribution in [0.4, 0.5) is 4.79 Å². The van der Waals surface area contributed by atoms with Crippen molar-refractivity contribution in [1.82, 2.24) is 10.6 Å². The van der Waals surface area contributed by atoms with Gasteiger partial charge in [0.1, 0.15) is 0 Å². The van der Waals surface area contributed by atoms with E-state index in [0.717, 1.165) is 12.2 Å². The zero-order chi connectivity index (χ0) is 14.7. The van der Waals surface area contributed by atoms with E-state index in [2.05, 4.69) is 10.6 Å². The first-order chi connectivity index (χ1) is 8.99. The SMILES string of the molecule is CCC(CSC)NC(=O)NC(=O)CCCCC(=O)O. The van der Waals surface area contributed by atoms with E-state index in [-0.39, 0.29) is 24.8 Å². The molecular formula is C12H22N2O4S. The van der Waals surface area contributed by atoms with E-state index >= 15 is 0 Å². The summed E-state index contributed by atoms with van der Waals surface area (Å²) in [4.78, 5) is 33.2. The van der Waals surface area contributed by atoms with Crippen LogP contribution in [0.25, 0.3) is 0 Å². The first-order valence-corrected chi connectivity index (χ1v) is 7.70. The summed E-state index contributed by atoms with van der Waals surface area (Å²) >= 11 is 1.63. The number of unbranched alkanes of at least 4 members (excludes halogenated alkanes) is 1. The number of carbonyl (C=O) groups is 3. The second kappa shape index (κ2) is 10.7. The molecule has 1 atom stereocenters. The normalized spacial score (nSPS) is 11.7. The average molecular weight is 290 g/mol. The molecule has 6 nitrogen and oxygen atoms in total. The third-order valence-electron chi connectivity index (χ3n) is 2.49. The molecule has 7 heteroatoms. The Morgan fingerprint density at radius 2 is 1.84 bits per heavy atom. The predicted octanol–water partition coefficient (Wildman–Crippen LogP) is 1.60. The molecule has 0 aromatic carbocycles. The first-order valence-electron chi connectivity index (χ1n) is 6.30.